The van der Waals surface area contributed by atoms with Crippen molar-refractivity contribution in [1.29, 1.82) is 0 Å². The Labute approximate surface area is 220 Å². The van der Waals surface area contributed by atoms with Gasteiger partial charge < -0.3 is 25.4 Å². The van der Waals surface area contributed by atoms with Crippen LogP contribution in [0.3, 0.4) is 0 Å². The molecule has 3 N–H and O–H groups in total. The first-order valence-electron chi connectivity index (χ1n) is 12.4. The summed E-state index contributed by atoms with van der Waals surface area (Å²) >= 11 is 0. The topological polar surface area (TPSA) is 160 Å². The van der Waals surface area contributed by atoms with Crippen LogP contribution in [-0.2, 0) is 51.1 Å². The van der Waals surface area contributed by atoms with Gasteiger partial charge in [0.15, 0.2) is 0 Å². The first-order valence-corrected chi connectivity index (χ1v) is 12.4. The fourth-order valence-corrected chi connectivity index (χ4v) is 4.84. The Morgan fingerprint density at radius 1 is 1.05 bits per heavy atom. The third-order valence-corrected chi connectivity index (χ3v) is 6.73. The standard InChI is InChI=1S/C26H34N4O8/c1-13(2)21(27-14(3)31)24(34)28-17-10-9-15-7-6-8-16-11-19(30(22(15)16)25(17)35)23(33)29-18(26(36)38-5)12-20(32)37-4/h6-8,13,17-19,21H,9-12H2,1-5H3,(H,27,31)(H,28,34)(H,29,33)/t17-,18-,19-,21-/m0/s1. The highest BCUT2D eigenvalue weighted by Crippen LogP contribution is 2.39. The molecule has 12 heteroatoms. The van der Waals surface area contributed by atoms with Crippen molar-refractivity contribution in [2.24, 2.45) is 5.92 Å². The Bertz CT molecular complexity index is 1130. The second-order valence-electron chi connectivity index (χ2n) is 9.74. The summed E-state index contributed by atoms with van der Waals surface area (Å²) in [5.41, 5.74) is 2.24. The smallest absolute Gasteiger partial charge is 0.328 e. The molecule has 4 atom stereocenters. The molecule has 2 heterocycles. The number of para-hydroxylation sites is 1. The van der Waals surface area contributed by atoms with Crippen LogP contribution < -0.4 is 20.9 Å². The quantitative estimate of drug-likeness (QED) is 0.369. The van der Waals surface area contributed by atoms with Gasteiger partial charge >= 0.3 is 11.9 Å². The molecule has 206 valence electrons. The average molecular weight is 531 g/mol. The van der Waals surface area contributed by atoms with E-state index in [0.717, 1.165) is 25.3 Å². The Hall–Kier alpha value is -3.96. The number of nitrogens with zero attached hydrogens (tertiary/aromatic N) is 1. The fourth-order valence-electron chi connectivity index (χ4n) is 4.84. The van der Waals surface area contributed by atoms with Crippen LogP contribution in [0, 0.1) is 5.92 Å². The van der Waals surface area contributed by atoms with Crippen LogP contribution in [0.1, 0.15) is 44.7 Å². The summed E-state index contributed by atoms with van der Waals surface area (Å²) in [5, 5.41) is 7.91. The average Bonchev–Trinajstić information content (AvgIpc) is 3.21. The van der Waals surface area contributed by atoms with E-state index in [9.17, 15) is 28.8 Å². The van der Waals surface area contributed by atoms with Gasteiger partial charge in [-0.25, -0.2) is 4.79 Å². The SMILES string of the molecule is COC(=O)C[C@H](NC(=O)[C@@H]1Cc2cccc3c2N1C(=O)[C@@H](NC(=O)[C@@H](NC(C)=O)C(C)C)CC3)C(=O)OC. The normalized spacial score (nSPS) is 19.5. The Balaban J connectivity index is 1.89. The number of anilines is 1. The van der Waals surface area contributed by atoms with Gasteiger partial charge in [-0.2, -0.15) is 0 Å². The highest BCUT2D eigenvalue weighted by Gasteiger charge is 2.45. The zero-order valence-corrected chi connectivity index (χ0v) is 22.2. The lowest BCUT2D eigenvalue weighted by Crippen LogP contribution is -2.58. The number of aryl methyl sites for hydroxylation is 1. The molecule has 2 aliphatic heterocycles. The van der Waals surface area contributed by atoms with Crippen molar-refractivity contribution in [2.75, 3.05) is 19.1 Å². The first kappa shape index (κ1) is 28.6. The lowest BCUT2D eigenvalue weighted by atomic mass is 10.00. The third-order valence-electron chi connectivity index (χ3n) is 6.73. The molecule has 1 aromatic carbocycles. The molecular formula is C26H34N4O8. The summed E-state index contributed by atoms with van der Waals surface area (Å²) in [4.78, 5) is 77.3. The number of carbonyl (C=O) groups is 6. The number of benzene rings is 1. The molecule has 2 aliphatic rings. The molecule has 3 rings (SSSR count). The maximum Gasteiger partial charge on any atom is 0.328 e. The highest BCUT2D eigenvalue weighted by molar-refractivity contribution is 6.08. The summed E-state index contributed by atoms with van der Waals surface area (Å²) in [6, 6.07) is 1.43. The number of methoxy groups -OCH3 is 2. The molecule has 4 amide bonds. The molecule has 0 bridgehead atoms. The van der Waals surface area contributed by atoms with Crippen LogP contribution >= 0.6 is 0 Å². The predicted octanol–water partition coefficient (Wildman–Crippen LogP) is -0.243. The molecular weight excluding hydrogens is 496 g/mol. The molecule has 0 unspecified atom stereocenters. The zero-order chi connectivity index (χ0) is 28.1. The van der Waals surface area contributed by atoms with E-state index in [4.69, 9.17) is 4.74 Å². The van der Waals surface area contributed by atoms with E-state index in [0.29, 0.717) is 18.5 Å². The van der Waals surface area contributed by atoms with Gasteiger partial charge in [0.25, 0.3) is 0 Å². The number of amides is 4. The second kappa shape index (κ2) is 12.1. The van der Waals surface area contributed by atoms with Gasteiger partial charge in [-0.15, -0.1) is 0 Å². The maximum atomic E-state index is 13.8. The monoisotopic (exact) mass is 530 g/mol. The third kappa shape index (κ3) is 6.12. The largest absolute Gasteiger partial charge is 0.469 e. The zero-order valence-electron chi connectivity index (χ0n) is 22.2. The number of rotatable bonds is 9. The highest BCUT2D eigenvalue weighted by atomic mass is 16.5. The van der Waals surface area contributed by atoms with Crippen LogP contribution in [0.4, 0.5) is 5.69 Å². The van der Waals surface area contributed by atoms with Gasteiger partial charge in [-0.05, 0) is 29.9 Å². The van der Waals surface area contributed by atoms with Crippen LogP contribution in [0.5, 0.6) is 0 Å². The van der Waals surface area contributed by atoms with E-state index >= 15 is 0 Å². The molecule has 1 aromatic rings. The summed E-state index contributed by atoms with van der Waals surface area (Å²) in [5.74, 6) is -3.76. The Kier molecular flexibility index (Phi) is 9.08. The number of carbonyl (C=O) groups excluding carboxylic acids is 6. The summed E-state index contributed by atoms with van der Waals surface area (Å²) in [7, 11) is 2.29. The van der Waals surface area contributed by atoms with Crippen molar-refractivity contribution < 1.29 is 38.2 Å². The Morgan fingerprint density at radius 2 is 1.74 bits per heavy atom. The van der Waals surface area contributed by atoms with Gasteiger partial charge in [-0.3, -0.25) is 28.9 Å². The summed E-state index contributed by atoms with van der Waals surface area (Å²) in [6.07, 6.45) is 0.522. The van der Waals surface area contributed by atoms with E-state index in [1.807, 2.05) is 18.2 Å². The molecule has 0 radical (unpaired) electrons. The van der Waals surface area contributed by atoms with E-state index in [-0.39, 0.29) is 18.2 Å². The number of hydrogen-bond acceptors (Lipinski definition) is 8. The lowest BCUT2D eigenvalue weighted by Gasteiger charge is -2.30. The van der Waals surface area contributed by atoms with Crippen LogP contribution in [0.25, 0.3) is 0 Å². The summed E-state index contributed by atoms with van der Waals surface area (Å²) in [6.45, 7) is 4.88. The van der Waals surface area contributed by atoms with Gasteiger partial charge in [0.1, 0.15) is 24.2 Å². The van der Waals surface area contributed by atoms with Gasteiger partial charge in [0.05, 0.1) is 26.3 Å². The molecule has 0 aromatic heterocycles. The number of ether oxygens (including phenoxy) is 2. The van der Waals surface area contributed by atoms with Crippen LogP contribution in [0.15, 0.2) is 18.2 Å². The van der Waals surface area contributed by atoms with Crippen molar-refractivity contribution in [3.8, 4) is 0 Å². The van der Waals surface area contributed by atoms with Crippen molar-refractivity contribution in [2.45, 2.75) is 70.6 Å². The summed E-state index contributed by atoms with van der Waals surface area (Å²) < 4.78 is 9.33. The van der Waals surface area contributed by atoms with E-state index in [1.165, 1.54) is 11.8 Å². The predicted molar refractivity (Wildman–Crippen MR) is 135 cm³/mol. The lowest BCUT2D eigenvalue weighted by molar-refractivity contribution is -0.150. The van der Waals surface area contributed by atoms with E-state index in [1.54, 1.807) is 13.8 Å². The molecule has 0 aliphatic carbocycles. The van der Waals surface area contributed by atoms with E-state index in [2.05, 4.69) is 20.7 Å². The molecule has 0 fully saturated rings. The first-order chi connectivity index (χ1) is 18.0. The van der Waals surface area contributed by atoms with Gasteiger partial charge in [0, 0.05) is 13.3 Å². The molecule has 38 heavy (non-hydrogen) atoms. The van der Waals surface area contributed by atoms with Crippen LogP contribution in [0.2, 0.25) is 0 Å². The molecule has 0 saturated carbocycles. The number of nitrogens with one attached hydrogen (secondary N) is 3. The minimum atomic E-state index is -1.30. The van der Waals surface area contributed by atoms with E-state index < -0.39 is 60.2 Å². The van der Waals surface area contributed by atoms with Gasteiger partial charge in [-0.1, -0.05) is 32.0 Å². The molecule has 0 saturated heterocycles. The Morgan fingerprint density at radius 3 is 2.34 bits per heavy atom. The van der Waals surface area contributed by atoms with Crippen molar-refractivity contribution >= 4 is 41.3 Å². The van der Waals surface area contributed by atoms with Gasteiger partial charge in [0.2, 0.25) is 23.6 Å². The number of hydrogen-bond donors (Lipinski definition) is 3. The minimum Gasteiger partial charge on any atom is -0.469 e. The molecule has 0 spiro atoms. The van der Waals surface area contributed by atoms with Crippen molar-refractivity contribution in [1.82, 2.24) is 16.0 Å². The molecule has 12 nitrogen and oxygen atoms in total. The van der Waals surface area contributed by atoms with Crippen LogP contribution in [-0.4, -0.2) is 74.0 Å². The van der Waals surface area contributed by atoms with Crippen molar-refractivity contribution in [3.63, 3.8) is 0 Å². The second-order valence-corrected chi connectivity index (χ2v) is 9.74. The fraction of sp³-hybridized carbons (Fsp3) is 0.538. The maximum absolute atomic E-state index is 13.8. The van der Waals surface area contributed by atoms with Crippen molar-refractivity contribution in [3.05, 3.63) is 29.3 Å². The minimum absolute atomic E-state index is 0.189. The number of esters is 2.